The van der Waals surface area contributed by atoms with E-state index in [2.05, 4.69) is 17.6 Å². The second kappa shape index (κ2) is 10.1. The molecule has 34 heavy (non-hydrogen) atoms. The van der Waals surface area contributed by atoms with E-state index in [4.69, 9.17) is 4.74 Å². The average Bonchev–Trinajstić information content (AvgIpc) is 3.27. The maximum Gasteiger partial charge on any atom is 0.246 e. The molecule has 0 aliphatic carbocycles. The molecule has 0 radical (unpaired) electrons. The molecule has 3 amide bonds. The number of carbonyl (C=O) groups excluding carboxylic acids is 3. The molecular weight excluding hydrogens is 434 g/mol. The fraction of sp³-hybridized carbons (Fsp3) is 0.885. The van der Waals surface area contributed by atoms with Crippen molar-refractivity contribution >= 4 is 17.7 Å². The maximum atomic E-state index is 14.1. The fourth-order valence-corrected chi connectivity index (χ4v) is 6.77. The Hall–Kier alpha value is -1.67. The molecule has 3 rings (SSSR count). The van der Waals surface area contributed by atoms with E-state index in [-0.39, 0.29) is 42.2 Å². The smallest absolute Gasteiger partial charge is 0.246 e. The highest BCUT2D eigenvalue weighted by atomic mass is 16.5. The first-order chi connectivity index (χ1) is 16.0. The number of ether oxygens (including phenoxy) is 1. The van der Waals surface area contributed by atoms with Crippen LogP contribution in [0.4, 0.5) is 0 Å². The van der Waals surface area contributed by atoms with Gasteiger partial charge in [0.25, 0.3) is 0 Å². The minimum absolute atomic E-state index is 0.00918. The number of nitrogens with zero attached hydrogens (tertiary/aromatic N) is 1. The molecule has 4 unspecified atom stereocenters. The number of nitrogens with one attached hydrogen (secondary N) is 2. The highest BCUT2D eigenvalue weighted by molar-refractivity contribution is 5.99. The van der Waals surface area contributed by atoms with Gasteiger partial charge in [0.15, 0.2) is 0 Å². The molecule has 0 saturated carbocycles. The minimum Gasteiger partial charge on any atom is -0.394 e. The van der Waals surface area contributed by atoms with Crippen LogP contribution in [0.15, 0.2) is 0 Å². The average molecular weight is 480 g/mol. The van der Waals surface area contributed by atoms with Crippen molar-refractivity contribution < 1.29 is 24.2 Å². The lowest BCUT2D eigenvalue weighted by Gasteiger charge is -2.38. The summed E-state index contributed by atoms with van der Waals surface area (Å²) < 4.78 is 6.71. The predicted molar refractivity (Wildman–Crippen MR) is 130 cm³/mol. The molecule has 3 N–H and O–H groups in total. The van der Waals surface area contributed by atoms with Crippen molar-refractivity contribution in [3.8, 4) is 0 Å². The van der Waals surface area contributed by atoms with Crippen LogP contribution in [0.3, 0.4) is 0 Å². The molecular formula is C26H45N3O5. The lowest BCUT2D eigenvalue weighted by Crippen LogP contribution is -2.59. The van der Waals surface area contributed by atoms with Crippen LogP contribution in [0.2, 0.25) is 0 Å². The zero-order valence-corrected chi connectivity index (χ0v) is 22.0. The third-order valence-corrected chi connectivity index (χ3v) is 8.29. The third kappa shape index (κ3) is 4.25. The predicted octanol–water partition coefficient (Wildman–Crippen LogP) is 2.24. The van der Waals surface area contributed by atoms with Gasteiger partial charge < -0.3 is 25.4 Å². The minimum atomic E-state index is -1.07. The van der Waals surface area contributed by atoms with E-state index in [9.17, 15) is 19.5 Å². The van der Waals surface area contributed by atoms with Gasteiger partial charge in [-0.05, 0) is 51.4 Å². The molecule has 8 atom stereocenters. The SMILES string of the molecule is CCCNC(=O)[C@@H]1[C@H]2C(=O)N([C@@H](CO)CC(C)C)C(C(=O)NC(C)CCC)C23CC(C)[C@@]1(C)O3. The van der Waals surface area contributed by atoms with E-state index in [1.165, 1.54) is 0 Å². The lowest BCUT2D eigenvalue weighted by atomic mass is 9.62. The molecule has 0 aromatic carbocycles. The highest BCUT2D eigenvalue weighted by Crippen LogP contribution is 2.65. The normalized spacial score (nSPS) is 36.0. The summed E-state index contributed by atoms with van der Waals surface area (Å²) in [6.07, 6.45) is 3.66. The summed E-state index contributed by atoms with van der Waals surface area (Å²) in [5, 5.41) is 16.4. The number of likely N-dealkylation sites (tertiary alicyclic amines) is 1. The topological polar surface area (TPSA) is 108 Å². The van der Waals surface area contributed by atoms with E-state index in [1.54, 1.807) is 4.90 Å². The molecule has 3 heterocycles. The van der Waals surface area contributed by atoms with E-state index in [0.29, 0.717) is 19.4 Å². The van der Waals surface area contributed by atoms with Gasteiger partial charge in [-0.25, -0.2) is 0 Å². The lowest BCUT2D eigenvalue weighted by molar-refractivity contribution is -0.151. The highest BCUT2D eigenvalue weighted by Gasteiger charge is 2.80. The van der Waals surface area contributed by atoms with Crippen LogP contribution in [0.5, 0.6) is 0 Å². The Morgan fingerprint density at radius 1 is 1.21 bits per heavy atom. The Bertz CT molecular complexity index is 788. The Labute approximate surface area is 204 Å². The Morgan fingerprint density at radius 3 is 2.44 bits per heavy atom. The van der Waals surface area contributed by atoms with Gasteiger partial charge in [0.2, 0.25) is 17.7 Å². The van der Waals surface area contributed by atoms with Gasteiger partial charge in [-0.2, -0.15) is 0 Å². The van der Waals surface area contributed by atoms with Gasteiger partial charge in [0.05, 0.1) is 30.1 Å². The summed E-state index contributed by atoms with van der Waals surface area (Å²) >= 11 is 0. The quantitative estimate of drug-likeness (QED) is 0.421. The van der Waals surface area contributed by atoms with Crippen LogP contribution < -0.4 is 10.6 Å². The summed E-state index contributed by atoms with van der Waals surface area (Å²) in [7, 11) is 0. The Morgan fingerprint density at radius 2 is 1.88 bits per heavy atom. The zero-order chi connectivity index (χ0) is 25.4. The van der Waals surface area contributed by atoms with Crippen molar-refractivity contribution in [2.45, 2.75) is 110 Å². The van der Waals surface area contributed by atoms with Crippen molar-refractivity contribution in [3.63, 3.8) is 0 Å². The van der Waals surface area contributed by atoms with Gasteiger partial charge in [-0.1, -0.05) is 41.0 Å². The van der Waals surface area contributed by atoms with E-state index < -0.39 is 35.1 Å². The van der Waals surface area contributed by atoms with Crippen LogP contribution in [-0.2, 0) is 19.1 Å². The van der Waals surface area contributed by atoms with E-state index in [1.807, 2.05) is 41.5 Å². The number of aliphatic hydroxyl groups is 1. The molecule has 2 bridgehead atoms. The van der Waals surface area contributed by atoms with E-state index in [0.717, 1.165) is 19.3 Å². The molecule has 3 aliphatic heterocycles. The van der Waals surface area contributed by atoms with Crippen LogP contribution in [0, 0.1) is 23.7 Å². The summed E-state index contributed by atoms with van der Waals surface area (Å²) in [4.78, 5) is 42.9. The monoisotopic (exact) mass is 479 g/mol. The first-order valence-electron chi connectivity index (χ1n) is 13.2. The van der Waals surface area contributed by atoms with Crippen molar-refractivity contribution in [3.05, 3.63) is 0 Å². The second-order valence-corrected chi connectivity index (χ2v) is 11.4. The Kier molecular flexibility index (Phi) is 8.03. The molecule has 194 valence electrons. The van der Waals surface area contributed by atoms with Gasteiger partial charge in [-0.15, -0.1) is 0 Å². The number of hydrogen-bond donors (Lipinski definition) is 3. The van der Waals surface area contributed by atoms with Gasteiger partial charge >= 0.3 is 0 Å². The number of carbonyl (C=O) groups is 3. The molecule has 8 heteroatoms. The maximum absolute atomic E-state index is 14.1. The van der Waals surface area contributed by atoms with Crippen molar-refractivity contribution in [2.24, 2.45) is 23.7 Å². The molecule has 8 nitrogen and oxygen atoms in total. The van der Waals surface area contributed by atoms with Crippen LogP contribution in [0.25, 0.3) is 0 Å². The number of fused-ring (bicyclic) bond motifs is 1. The number of hydrogen-bond acceptors (Lipinski definition) is 5. The summed E-state index contributed by atoms with van der Waals surface area (Å²) in [5.74, 6) is -1.83. The molecule has 0 aromatic rings. The molecule has 3 aliphatic rings. The number of aliphatic hydroxyl groups excluding tert-OH is 1. The zero-order valence-electron chi connectivity index (χ0n) is 22.0. The van der Waals surface area contributed by atoms with Crippen LogP contribution in [0.1, 0.15) is 80.6 Å². The largest absolute Gasteiger partial charge is 0.394 e. The molecule has 0 aromatic heterocycles. The van der Waals surface area contributed by atoms with Crippen molar-refractivity contribution in [2.75, 3.05) is 13.2 Å². The van der Waals surface area contributed by atoms with Gasteiger partial charge in [0.1, 0.15) is 11.6 Å². The summed E-state index contributed by atoms with van der Waals surface area (Å²) in [6, 6.07) is -1.42. The first-order valence-corrected chi connectivity index (χ1v) is 13.2. The van der Waals surface area contributed by atoms with Crippen molar-refractivity contribution in [1.82, 2.24) is 15.5 Å². The van der Waals surface area contributed by atoms with Crippen molar-refractivity contribution in [1.29, 1.82) is 0 Å². The number of amides is 3. The standard InChI is InChI=1S/C26H45N3O5/c1-8-10-17(6)28-23(32)21-26-13-16(5)25(7,34-26)19(22(31)27-11-9-2)20(26)24(33)29(21)18(14-30)12-15(3)4/h15-21,30H,8-14H2,1-7H3,(H,27,31)(H,28,32)/t16?,17?,18-,19+,20+,21?,25-,26?/m1/s1. The number of rotatable bonds is 11. The second-order valence-electron chi connectivity index (χ2n) is 11.4. The fourth-order valence-electron chi connectivity index (χ4n) is 6.77. The van der Waals surface area contributed by atoms with Gasteiger partial charge in [-0.3, -0.25) is 14.4 Å². The first kappa shape index (κ1) is 26.9. The van der Waals surface area contributed by atoms with Crippen LogP contribution >= 0.6 is 0 Å². The third-order valence-electron chi connectivity index (χ3n) is 8.29. The summed E-state index contributed by atoms with van der Waals surface area (Å²) in [6.45, 7) is 14.4. The Balaban J connectivity index is 2.08. The van der Waals surface area contributed by atoms with Crippen LogP contribution in [-0.4, -0.2) is 70.2 Å². The molecule has 3 fully saturated rings. The molecule has 1 spiro atoms. The van der Waals surface area contributed by atoms with Gasteiger partial charge in [0, 0.05) is 12.6 Å². The van der Waals surface area contributed by atoms with E-state index >= 15 is 0 Å². The summed E-state index contributed by atoms with van der Waals surface area (Å²) in [5.41, 5.74) is -1.88. The molecule has 3 saturated heterocycles.